The normalized spacial score (nSPS) is 14.1. The fraction of sp³-hybridized carbons (Fsp3) is 0.312. The fourth-order valence-corrected chi connectivity index (χ4v) is 2.58. The van der Waals surface area contributed by atoms with Gasteiger partial charge in [0.05, 0.1) is 12.2 Å². The Bertz CT molecular complexity index is 711. The zero-order chi connectivity index (χ0) is 16.2. The molecule has 0 saturated heterocycles. The number of amides is 2. The third-order valence-corrected chi connectivity index (χ3v) is 3.83. The molecule has 3 N–H and O–H groups in total. The van der Waals surface area contributed by atoms with Crippen molar-refractivity contribution in [2.24, 2.45) is 0 Å². The number of benzene rings is 1. The van der Waals surface area contributed by atoms with E-state index >= 15 is 0 Å². The molecule has 1 aromatic heterocycles. The third-order valence-electron chi connectivity index (χ3n) is 3.83. The minimum Gasteiger partial charge on any atom is -0.343 e. The number of nitrogens with one attached hydrogen (secondary N) is 3. The molecule has 0 unspecified atom stereocenters. The van der Waals surface area contributed by atoms with Crippen LogP contribution >= 0.6 is 0 Å². The molecule has 120 valence electrons. The van der Waals surface area contributed by atoms with Gasteiger partial charge >= 0.3 is 0 Å². The molecule has 0 atom stereocenters. The van der Waals surface area contributed by atoms with Crippen molar-refractivity contribution in [2.75, 3.05) is 25.5 Å². The van der Waals surface area contributed by atoms with Gasteiger partial charge in [-0.15, -0.1) is 0 Å². The monoisotopic (exact) mass is 313 g/mol. The second-order valence-corrected chi connectivity index (χ2v) is 5.61. The SMILES string of the molecule is CN1CCc2c(NC(=O)CNC(=O)c3ccccc3)n[nH]c2C1. The lowest BCUT2D eigenvalue weighted by Gasteiger charge is -2.21. The number of aromatic amines is 1. The second kappa shape index (κ2) is 6.62. The number of carbonyl (C=O) groups excluding carboxylic acids is 2. The first kappa shape index (κ1) is 15.2. The number of carbonyl (C=O) groups is 2. The highest BCUT2D eigenvalue weighted by Crippen LogP contribution is 2.22. The average molecular weight is 313 g/mol. The molecule has 1 aliphatic rings. The Hall–Kier alpha value is -2.67. The van der Waals surface area contributed by atoms with Crippen molar-refractivity contribution in [1.29, 1.82) is 0 Å². The van der Waals surface area contributed by atoms with Crippen LogP contribution in [0.2, 0.25) is 0 Å². The molecule has 0 saturated carbocycles. The molecule has 0 fully saturated rings. The van der Waals surface area contributed by atoms with Crippen molar-refractivity contribution in [2.45, 2.75) is 13.0 Å². The number of H-pyrrole nitrogens is 1. The summed E-state index contributed by atoms with van der Waals surface area (Å²) < 4.78 is 0. The first-order valence-electron chi connectivity index (χ1n) is 7.51. The number of aromatic nitrogens is 2. The minimum absolute atomic E-state index is 0.0880. The Kier molecular flexibility index (Phi) is 4.38. The van der Waals surface area contributed by atoms with E-state index in [1.54, 1.807) is 24.3 Å². The average Bonchev–Trinajstić information content (AvgIpc) is 2.95. The van der Waals surface area contributed by atoms with Gasteiger partial charge in [-0.05, 0) is 25.6 Å². The highest BCUT2D eigenvalue weighted by Gasteiger charge is 2.20. The summed E-state index contributed by atoms with van der Waals surface area (Å²) in [5.74, 6) is 0.000927. The predicted molar refractivity (Wildman–Crippen MR) is 86.0 cm³/mol. The fourth-order valence-electron chi connectivity index (χ4n) is 2.58. The number of likely N-dealkylation sites (N-methyl/N-ethyl adjacent to an activating group) is 1. The van der Waals surface area contributed by atoms with Gasteiger partial charge in [-0.1, -0.05) is 18.2 Å². The molecule has 7 nitrogen and oxygen atoms in total. The molecular formula is C16H19N5O2. The van der Waals surface area contributed by atoms with Crippen LogP contribution in [0.25, 0.3) is 0 Å². The molecule has 1 aromatic carbocycles. The summed E-state index contributed by atoms with van der Waals surface area (Å²) in [6.45, 7) is 1.64. The van der Waals surface area contributed by atoms with Crippen LogP contribution < -0.4 is 10.6 Å². The maximum Gasteiger partial charge on any atom is 0.251 e. The summed E-state index contributed by atoms with van der Waals surface area (Å²) in [6, 6.07) is 8.80. The molecule has 0 spiro atoms. The molecule has 3 rings (SSSR count). The van der Waals surface area contributed by atoms with E-state index < -0.39 is 0 Å². The predicted octanol–water partition coefficient (Wildman–Crippen LogP) is 0.766. The number of hydrogen-bond donors (Lipinski definition) is 3. The van der Waals surface area contributed by atoms with Crippen molar-refractivity contribution < 1.29 is 9.59 Å². The molecule has 2 aromatic rings. The van der Waals surface area contributed by atoms with Gasteiger partial charge in [0.1, 0.15) is 0 Å². The first-order chi connectivity index (χ1) is 11.1. The lowest BCUT2D eigenvalue weighted by Crippen LogP contribution is -2.33. The maximum atomic E-state index is 12.0. The zero-order valence-corrected chi connectivity index (χ0v) is 12.9. The lowest BCUT2D eigenvalue weighted by atomic mass is 10.1. The van der Waals surface area contributed by atoms with Crippen LogP contribution in [0, 0.1) is 0 Å². The zero-order valence-electron chi connectivity index (χ0n) is 12.9. The van der Waals surface area contributed by atoms with Crippen LogP contribution in [0.15, 0.2) is 30.3 Å². The van der Waals surface area contributed by atoms with Crippen LogP contribution in [0.4, 0.5) is 5.82 Å². The second-order valence-electron chi connectivity index (χ2n) is 5.61. The summed E-state index contributed by atoms with van der Waals surface area (Å²) in [5.41, 5.74) is 2.61. The summed E-state index contributed by atoms with van der Waals surface area (Å²) in [4.78, 5) is 26.1. The van der Waals surface area contributed by atoms with Crippen LogP contribution in [-0.2, 0) is 17.8 Å². The van der Waals surface area contributed by atoms with E-state index in [1.807, 2.05) is 13.1 Å². The van der Waals surface area contributed by atoms with E-state index in [0.717, 1.165) is 30.8 Å². The third kappa shape index (κ3) is 3.57. The molecule has 0 bridgehead atoms. The van der Waals surface area contributed by atoms with Gasteiger partial charge < -0.3 is 15.5 Å². The Labute approximate surface area is 134 Å². The molecule has 7 heteroatoms. The van der Waals surface area contributed by atoms with Gasteiger partial charge in [0.2, 0.25) is 5.91 Å². The van der Waals surface area contributed by atoms with Gasteiger partial charge in [-0.25, -0.2) is 0 Å². The molecule has 0 radical (unpaired) electrons. The number of anilines is 1. The quantitative estimate of drug-likeness (QED) is 0.777. The number of hydrogen-bond acceptors (Lipinski definition) is 4. The topological polar surface area (TPSA) is 90.1 Å². The van der Waals surface area contributed by atoms with Gasteiger partial charge in [-0.3, -0.25) is 14.7 Å². The van der Waals surface area contributed by atoms with Crippen LogP contribution in [-0.4, -0.2) is 47.0 Å². The van der Waals surface area contributed by atoms with E-state index in [-0.39, 0.29) is 18.4 Å². The van der Waals surface area contributed by atoms with Gasteiger partial charge in [0.15, 0.2) is 5.82 Å². The first-order valence-corrected chi connectivity index (χ1v) is 7.51. The van der Waals surface area contributed by atoms with E-state index in [0.29, 0.717) is 11.4 Å². The molecule has 2 heterocycles. The Balaban J connectivity index is 1.55. The van der Waals surface area contributed by atoms with Gasteiger partial charge in [0.25, 0.3) is 5.91 Å². The Morgan fingerprint density at radius 2 is 2.09 bits per heavy atom. The number of fused-ring (bicyclic) bond motifs is 1. The van der Waals surface area contributed by atoms with Crippen LogP contribution in [0.1, 0.15) is 21.6 Å². The van der Waals surface area contributed by atoms with Gasteiger partial charge in [-0.2, -0.15) is 5.10 Å². The maximum absolute atomic E-state index is 12.0. The summed E-state index contributed by atoms with van der Waals surface area (Å²) in [6.07, 6.45) is 0.842. The number of nitrogens with zero attached hydrogens (tertiary/aromatic N) is 2. The van der Waals surface area contributed by atoms with Gasteiger partial charge in [0, 0.05) is 24.2 Å². The standard InChI is InChI=1S/C16H19N5O2/c1-21-8-7-12-13(10-21)19-20-15(12)18-14(22)9-17-16(23)11-5-3-2-4-6-11/h2-6H,7-10H2,1H3,(H,17,23)(H2,18,19,20,22). The number of rotatable bonds is 4. The highest BCUT2D eigenvalue weighted by molar-refractivity contribution is 5.99. The molecule has 2 amide bonds. The van der Waals surface area contributed by atoms with Crippen molar-refractivity contribution in [1.82, 2.24) is 20.4 Å². The molecular weight excluding hydrogens is 294 g/mol. The molecule has 0 aliphatic carbocycles. The Morgan fingerprint density at radius 1 is 1.30 bits per heavy atom. The van der Waals surface area contributed by atoms with E-state index in [2.05, 4.69) is 25.7 Å². The van der Waals surface area contributed by atoms with Crippen molar-refractivity contribution in [3.05, 3.63) is 47.2 Å². The van der Waals surface area contributed by atoms with E-state index in [4.69, 9.17) is 0 Å². The molecule has 1 aliphatic heterocycles. The summed E-state index contributed by atoms with van der Waals surface area (Å²) in [5, 5.41) is 12.5. The minimum atomic E-state index is -0.289. The van der Waals surface area contributed by atoms with E-state index in [9.17, 15) is 9.59 Å². The largest absolute Gasteiger partial charge is 0.343 e. The van der Waals surface area contributed by atoms with E-state index in [1.165, 1.54) is 0 Å². The summed E-state index contributed by atoms with van der Waals surface area (Å²) >= 11 is 0. The smallest absolute Gasteiger partial charge is 0.251 e. The van der Waals surface area contributed by atoms with Crippen molar-refractivity contribution in [3.8, 4) is 0 Å². The van der Waals surface area contributed by atoms with Crippen LogP contribution in [0.5, 0.6) is 0 Å². The van der Waals surface area contributed by atoms with Crippen LogP contribution in [0.3, 0.4) is 0 Å². The summed E-state index contributed by atoms with van der Waals surface area (Å²) in [7, 11) is 2.04. The lowest BCUT2D eigenvalue weighted by molar-refractivity contribution is -0.115. The highest BCUT2D eigenvalue weighted by atomic mass is 16.2. The Morgan fingerprint density at radius 3 is 2.87 bits per heavy atom. The van der Waals surface area contributed by atoms with Crippen molar-refractivity contribution >= 4 is 17.6 Å². The molecule has 23 heavy (non-hydrogen) atoms. The van der Waals surface area contributed by atoms with Crippen molar-refractivity contribution in [3.63, 3.8) is 0 Å².